The molecule has 52 heavy (non-hydrogen) atoms. The molecular formula is C41H43F9P2. The molecule has 3 aromatic carbocycles. The zero-order chi connectivity index (χ0) is 37.4. The van der Waals surface area contributed by atoms with Crippen LogP contribution >= 0.6 is 15.8 Å². The lowest BCUT2D eigenvalue weighted by Gasteiger charge is -2.40. The predicted octanol–water partition coefficient (Wildman–Crippen LogP) is 13.1. The number of rotatable bonds is 8. The van der Waals surface area contributed by atoms with Crippen LogP contribution in [0.15, 0.2) is 78.4 Å². The summed E-state index contributed by atoms with van der Waals surface area (Å²) >= 11 is 0. The summed E-state index contributed by atoms with van der Waals surface area (Å²) in [4.78, 5) is 0. The molecule has 0 aromatic heterocycles. The maximum absolute atomic E-state index is 14.2. The maximum atomic E-state index is 14.2. The van der Waals surface area contributed by atoms with Crippen LogP contribution in [0.4, 0.5) is 39.5 Å². The highest BCUT2D eigenvalue weighted by Crippen LogP contribution is 2.57. The van der Waals surface area contributed by atoms with Gasteiger partial charge in [0.15, 0.2) is 0 Å². The van der Waals surface area contributed by atoms with Crippen molar-refractivity contribution in [3.05, 3.63) is 106 Å². The zero-order valence-electron chi connectivity index (χ0n) is 29.2. The predicted molar refractivity (Wildman–Crippen MR) is 196 cm³/mol. The molecule has 2 saturated carbocycles. The minimum atomic E-state index is -5.10. The minimum Gasteiger partial charge on any atom is -0.166 e. The second kappa shape index (κ2) is 15.6. The van der Waals surface area contributed by atoms with Gasteiger partial charge in [0.2, 0.25) is 0 Å². The Bertz CT molecular complexity index is 1740. The van der Waals surface area contributed by atoms with Crippen molar-refractivity contribution in [3.63, 3.8) is 0 Å². The van der Waals surface area contributed by atoms with Crippen molar-refractivity contribution in [1.82, 2.24) is 0 Å². The molecule has 3 aliphatic rings. The van der Waals surface area contributed by atoms with E-state index >= 15 is 0 Å². The van der Waals surface area contributed by atoms with Gasteiger partial charge in [-0.05, 0) is 127 Å². The van der Waals surface area contributed by atoms with E-state index in [9.17, 15) is 39.5 Å². The topological polar surface area (TPSA) is 0 Å². The number of hydrogen-bond donors (Lipinski definition) is 0. The number of alkyl halides is 9. The standard InChI is InChI=1S/C41H43F9P2/c1-26-20-28(39(42,43)44)23-33(21-26)51(34-24-29(40(45,46)47)22-30(25-34)41(48,49)50)27(2)35-17-11-18-36(35)37-16-9-10-19-38(37)52(31-12-5-3-6-13-31)32-14-7-4-8-15-32/h9-11,16-17,19-25,27,31-32H,3-8,12-15,18H2,1-2H3/t27-,51?/m1/s1. The van der Waals surface area contributed by atoms with Gasteiger partial charge in [0.25, 0.3) is 0 Å². The van der Waals surface area contributed by atoms with Crippen molar-refractivity contribution in [2.45, 2.75) is 120 Å². The second-order valence-electron chi connectivity index (χ2n) is 14.4. The van der Waals surface area contributed by atoms with Gasteiger partial charge in [-0.25, -0.2) is 0 Å². The molecule has 0 nitrogen and oxygen atoms in total. The third kappa shape index (κ3) is 8.67. The molecule has 0 aliphatic heterocycles. The molecule has 0 bridgehead atoms. The van der Waals surface area contributed by atoms with Crippen molar-refractivity contribution < 1.29 is 39.5 Å². The van der Waals surface area contributed by atoms with E-state index in [1.165, 1.54) is 82.5 Å². The molecule has 280 valence electrons. The molecule has 2 atom stereocenters. The summed E-state index contributed by atoms with van der Waals surface area (Å²) in [6, 6.07) is 13.2. The van der Waals surface area contributed by atoms with E-state index < -0.39 is 56.7 Å². The Kier molecular flexibility index (Phi) is 11.7. The smallest absolute Gasteiger partial charge is 0.166 e. The van der Waals surface area contributed by atoms with Crippen LogP contribution in [0.1, 0.15) is 105 Å². The molecule has 0 amide bonds. The highest BCUT2D eigenvalue weighted by molar-refractivity contribution is 7.73. The summed E-state index contributed by atoms with van der Waals surface area (Å²) in [5.41, 5.74) is -0.493. The van der Waals surface area contributed by atoms with Gasteiger partial charge in [-0.3, -0.25) is 0 Å². The molecule has 0 spiro atoms. The van der Waals surface area contributed by atoms with E-state index in [0.29, 0.717) is 29.9 Å². The minimum absolute atomic E-state index is 0.0777. The van der Waals surface area contributed by atoms with Crippen LogP contribution in [0.5, 0.6) is 0 Å². The lowest BCUT2D eigenvalue weighted by Crippen LogP contribution is -2.28. The van der Waals surface area contributed by atoms with Crippen LogP contribution in [-0.2, 0) is 18.5 Å². The first-order chi connectivity index (χ1) is 24.5. The van der Waals surface area contributed by atoms with Crippen LogP contribution in [0.25, 0.3) is 5.57 Å². The van der Waals surface area contributed by atoms with Gasteiger partial charge < -0.3 is 0 Å². The van der Waals surface area contributed by atoms with Crippen molar-refractivity contribution in [2.75, 3.05) is 0 Å². The lowest BCUT2D eigenvalue weighted by atomic mass is 9.99. The molecule has 1 unspecified atom stereocenters. The summed E-state index contributed by atoms with van der Waals surface area (Å²) in [5, 5.41) is 1.11. The number of halogens is 9. The monoisotopic (exact) mass is 768 g/mol. The Balaban J connectivity index is 1.54. The Hall–Kier alpha value is -2.63. The first-order valence-electron chi connectivity index (χ1n) is 18.1. The Morgan fingerprint density at radius 1 is 0.615 bits per heavy atom. The summed E-state index contributed by atoms with van der Waals surface area (Å²) < 4.78 is 128. The maximum Gasteiger partial charge on any atom is 0.416 e. The molecule has 0 saturated heterocycles. The van der Waals surface area contributed by atoms with Crippen molar-refractivity contribution in [2.24, 2.45) is 0 Å². The first-order valence-corrected chi connectivity index (χ1v) is 21.0. The van der Waals surface area contributed by atoms with E-state index in [-0.39, 0.29) is 22.2 Å². The third-order valence-corrected chi connectivity index (χ3v) is 17.0. The molecule has 2 fully saturated rings. The van der Waals surface area contributed by atoms with Gasteiger partial charge in [-0.1, -0.05) is 95.9 Å². The molecule has 0 N–H and O–H groups in total. The van der Waals surface area contributed by atoms with Gasteiger partial charge >= 0.3 is 18.5 Å². The third-order valence-electron chi connectivity index (χ3n) is 10.8. The molecule has 0 heterocycles. The Labute approximate surface area is 302 Å². The number of hydrogen-bond acceptors (Lipinski definition) is 0. The highest BCUT2D eigenvalue weighted by Gasteiger charge is 2.40. The fourth-order valence-corrected chi connectivity index (χ4v) is 15.3. The molecule has 3 aliphatic carbocycles. The molecular weight excluding hydrogens is 725 g/mol. The normalized spacial score (nSPS) is 19.5. The molecule has 11 heteroatoms. The van der Waals surface area contributed by atoms with Crippen LogP contribution < -0.4 is 15.9 Å². The summed E-state index contributed by atoms with van der Waals surface area (Å²) in [5.74, 6) is 0. The fraction of sp³-hybridized carbons (Fsp3) is 0.463. The van der Waals surface area contributed by atoms with E-state index in [1.807, 2.05) is 18.2 Å². The van der Waals surface area contributed by atoms with Crippen LogP contribution in [0, 0.1) is 6.92 Å². The van der Waals surface area contributed by atoms with Gasteiger partial charge in [0.05, 0.1) is 16.7 Å². The highest BCUT2D eigenvalue weighted by atomic mass is 31.1. The van der Waals surface area contributed by atoms with E-state index in [1.54, 1.807) is 6.92 Å². The fourth-order valence-electron chi connectivity index (χ4n) is 8.42. The van der Waals surface area contributed by atoms with Crippen molar-refractivity contribution >= 4 is 37.3 Å². The van der Waals surface area contributed by atoms with Crippen LogP contribution in [0.2, 0.25) is 0 Å². The van der Waals surface area contributed by atoms with Gasteiger partial charge in [-0.15, -0.1) is 0 Å². The van der Waals surface area contributed by atoms with Crippen molar-refractivity contribution in [1.29, 1.82) is 0 Å². The number of aryl methyl sites for hydroxylation is 1. The average Bonchev–Trinajstić information content (AvgIpc) is 3.58. The van der Waals surface area contributed by atoms with Gasteiger partial charge in [-0.2, -0.15) is 39.5 Å². The Morgan fingerprint density at radius 2 is 1.10 bits per heavy atom. The van der Waals surface area contributed by atoms with E-state index in [0.717, 1.165) is 28.8 Å². The van der Waals surface area contributed by atoms with Crippen LogP contribution in [-0.4, -0.2) is 17.0 Å². The average molecular weight is 769 g/mol. The van der Waals surface area contributed by atoms with Crippen molar-refractivity contribution in [3.8, 4) is 0 Å². The molecule has 0 radical (unpaired) electrons. The van der Waals surface area contributed by atoms with Crippen LogP contribution in [0.3, 0.4) is 0 Å². The summed E-state index contributed by atoms with van der Waals surface area (Å²) in [7, 11) is -2.76. The molecule has 3 aromatic rings. The second-order valence-corrected chi connectivity index (χ2v) is 19.7. The quantitative estimate of drug-likeness (QED) is 0.158. The lowest BCUT2D eigenvalue weighted by molar-refractivity contribution is -0.143. The van der Waals surface area contributed by atoms with Gasteiger partial charge in [0, 0.05) is 5.66 Å². The molecule has 6 rings (SSSR count). The van der Waals surface area contributed by atoms with E-state index in [4.69, 9.17) is 0 Å². The van der Waals surface area contributed by atoms with Gasteiger partial charge in [0.1, 0.15) is 0 Å². The Morgan fingerprint density at radius 3 is 1.62 bits per heavy atom. The SMILES string of the molecule is Cc1cc(P(c2cc(C(F)(F)F)cc(C(F)(F)F)c2)[C@H](C)C2=C(c3ccccc3P(C3CCCCC3)C3CCCCC3)CC=C2)cc(C(F)(F)F)c1. The number of allylic oxidation sites excluding steroid dienone is 4. The summed E-state index contributed by atoms with van der Waals surface area (Å²) in [6.07, 6.45) is 1.35. The van der Waals surface area contributed by atoms with E-state index in [2.05, 4.69) is 18.2 Å². The number of benzene rings is 3. The summed E-state index contributed by atoms with van der Waals surface area (Å²) in [6.45, 7) is 3.20. The zero-order valence-corrected chi connectivity index (χ0v) is 31.0. The largest absolute Gasteiger partial charge is 0.416 e. The first kappa shape index (κ1) is 39.1.